The third kappa shape index (κ3) is 3.61. The van der Waals surface area contributed by atoms with Gasteiger partial charge >= 0.3 is 0 Å². The molecule has 1 atom stereocenters. The van der Waals surface area contributed by atoms with Crippen LogP contribution in [-0.2, 0) is 0 Å². The number of benzene rings is 2. The van der Waals surface area contributed by atoms with Crippen LogP contribution >= 0.6 is 11.6 Å². The summed E-state index contributed by atoms with van der Waals surface area (Å²) in [4.78, 5) is 4.89. The van der Waals surface area contributed by atoms with Crippen molar-refractivity contribution in [1.82, 2.24) is 10.2 Å². The van der Waals surface area contributed by atoms with Crippen molar-refractivity contribution in [2.75, 3.05) is 37.6 Å². The highest BCUT2D eigenvalue weighted by Gasteiger charge is 2.24. The van der Waals surface area contributed by atoms with Gasteiger partial charge in [0.1, 0.15) is 0 Å². The molecule has 2 aliphatic rings. The van der Waals surface area contributed by atoms with Crippen LogP contribution in [0.5, 0.6) is 11.5 Å². The third-order valence-corrected chi connectivity index (χ3v) is 5.13. The number of nitrogens with one attached hydrogen (secondary N) is 1. The Kier molecular flexibility index (Phi) is 4.84. The van der Waals surface area contributed by atoms with Crippen molar-refractivity contribution >= 4 is 23.0 Å². The van der Waals surface area contributed by atoms with Gasteiger partial charge in [-0.2, -0.15) is 0 Å². The summed E-state index contributed by atoms with van der Waals surface area (Å²) in [7, 11) is 0. The molecular weight excluding hydrogens is 334 g/mol. The van der Waals surface area contributed by atoms with E-state index in [9.17, 15) is 0 Å². The zero-order valence-corrected chi connectivity index (χ0v) is 15.3. The molecule has 0 radical (unpaired) electrons. The number of halogens is 1. The molecule has 1 N–H and O–H groups in total. The molecule has 1 unspecified atom stereocenters. The highest BCUT2D eigenvalue weighted by atomic mass is 35.5. The van der Waals surface area contributed by atoms with Crippen molar-refractivity contribution in [3.05, 3.63) is 47.5 Å². The van der Waals surface area contributed by atoms with Gasteiger partial charge in [-0.05, 0) is 50.2 Å². The fourth-order valence-corrected chi connectivity index (χ4v) is 3.88. The van der Waals surface area contributed by atoms with Gasteiger partial charge in [-0.15, -0.1) is 0 Å². The molecule has 0 aromatic heterocycles. The largest absolute Gasteiger partial charge is 0.453 e. The fourth-order valence-electron chi connectivity index (χ4n) is 3.71. The molecule has 5 heteroatoms. The van der Waals surface area contributed by atoms with Crippen LogP contribution in [-0.4, -0.2) is 43.7 Å². The van der Waals surface area contributed by atoms with Gasteiger partial charge in [0.15, 0.2) is 11.5 Å². The number of fused-ring (bicyclic) bond motifs is 2. The van der Waals surface area contributed by atoms with Crippen LogP contribution in [0, 0.1) is 0 Å². The number of nitrogens with zero attached hydrogens (tertiary/aromatic N) is 2. The second-order valence-electron chi connectivity index (χ2n) is 6.84. The lowest BCUT2D eigenvalue weighted by Crippen LogP contribution is -2.49. The second kappa shape index (κ2) is 7.24. The summed E-state index contributed by atoms with van der Waals surface area (Å²) in [6.45, 7) is 7.66. The van der Waals surface area contributed by atoms with E-state index >= 15 is 0 Å². The lowest BCUT2D eigenvalue weighted by Gasteiger charge is -2.35. The molecule has 0 spiro atoms. The molecule has 0 aliphatic carbocycles. The molecule has 2 aliphatic heterocycles. The minimum absolute atomic E-state index is 0.581. The van der Waals surface area contributed by atoms with Crippen LogP contribution in [0.2, 0.25) is 5.02 Å². The average Bonchev–Trinajstić information content (AvgIpc) is 2.61. The van der Waals surface area contributed by atoms with Gasteiger partial charge < -0.3 is 19.9 Å². The van der Waals surface area contributed by atoms with E-state index in [-0.39, 0.29) is 0 Å². The quantitative estimate of drug-likeness (QED) is 0.884. The normalized spacial score (nSPS) is 19.9. The predicted octanol–water partition coefficient (Wildman–Crippen LogP) is 4.27. The molecule has 4 rings (SSSR count). The molecule has 2 aromatic rings. The van der Waals surface area contributed by atoms with E-state index < -0.39 is 0 Å². The minimum atomic E-state index is 0.581. The molecule has 4 nitrogen and oxygen atoms in total. The SMILES string of the molecule is CC1CN(CCCN2c3ccccc3Oc3ccc(Cl)cc32)CCN1. The van der Waals surface area contributed by atoms with Gasteiger partial charge in [0.25, 0.3) is 0 Å². The van der Waals surface area contributed by atoms with Crippen LogP contribution in [0.25, 0.3) is 0 Å². The highest BCUT2D eigenvalue weighted by Crippen LogP contribution is 2.47. The molecule has 0 bridgehead atoms. The Morgan fingerprint density at radius 3 is 2.84 bits per heavy atom. The van der Waals surface area contributed by atoms with Crippen molar-refractivity contribution in [3.8, 4) is 11.5 Å². The monoisotopic (exact) mass is 357 g/mol. The van der Waals surface area contributed by atoms with Gasteiger partial charge in [0.2, 0.25) is 0 Å². The zero-order valence-electron chi connectivity index (χ0n) is 14.5. The number of para-hydroxylation sites is 2. The van der Waals surface area contributed by atoms with Crippen LogP contribution in [0.1, 0.15) is 13.3 Å². The van der Waals surface area contributed by atoms with E-state index in [0.29, 0.717) is 6.04 Å². The lowest BCUT2D eigenvalue weighted by atomic mass is 10.1. The molecule has 0 amide bonds. The Labute approximate surface area is 154 Å². The van der Waals surface area contributed by atoms with E-state index in [4.69, 9.17) is 16.3 Å². The molecular formula is C20H24ClN3O. The van der Waals surface area contributed by atoms with Crippen LogP contribution in [0.4, 0.5) is 11.4 Å². The Balaban J connectivity index is 1.51. The topological polar surface area (TPSA) is 27.7 Å². The Hall–Kier alpha value is -1.75. The van der Waals surface area contributed by atoms with Crippen molar-refractivity contribution in [1.29, 1.82) is 0 Å². The Morgan fingerprint density at radius 1 is 1.12 bits per heavy atom. The summed E-state index contributed by atoms with van der Waals surface area (Å²) in [6.07, 6.45) is 1.10. The van der Waals surface area contributed by atoms with Gasteiger partial charge in [0.05, 0.1) is 11.4 Å². The standard InChI is InChI=1S/C20H24ClN3O/c1-15-14-23(12-9-22-15)10-4-11-24-17-5-2-3-6-19(17)25-20-8-7-16(21)13-18(20)24/h2-3,5-8,13,15,22H,4,9-12,14H2,1H3. The van der Waals surface area contributed by atoms with Crippen LogP contribution in [0.15, 0.2) is 42.5 Å². The number of ether oxygens (including phenoxy) is 1. The summed E-state index contributed by atoms with van der Waals surface area (Å²) in [5.74, 6) is 1.78. The van der Waals surface area contributed by atoms with Crippen LogP contribution < -0.4 is 15.0 Å². The number of hydrogen-bond donors (Lipinski definition) is 1. The minimum Gasteiger partial charge on any atom is -0.453 e. The van der Waals surface area contributed by atoms with Crippen molar-refractivity contribution < 1.29 is 4.74 Å². The lowest BCUT2D eigenvalue weighted by molar-refractivity contribution is 0.206. The second-order valence-corrected chi connectivity index (χ2v) is 7.28. The Morgan fingerprint density at radius 2 is 1.96 bits per heavy atom. The summed E-state index contributed by atoms with van der Waals surface area (Å²) in [5, 5.41) is 4.24. The molecule has 1 saturated heterocycles. The molecule has 25 heavy (non-hydrogen) atoms. The first-order valence-corrected chi connectivity index (χ1v) is 9.38. The first kappa shape index (κ1) is 16.7. The average molecular weight is 358 g/mol. The van der Waals surface area contributed by atoms with Gasteiger partial charge in [-0.1, -0.05) is 23.7 Å². The summed E-state index contributed by atoms with van der Waals surface area (Å²) in [5.41, 5.74) is 2.17. The molecule has 2 heterocycles. The van der Waals surface area contributed by atoms with Crippen molar-refractivity contribution in [2.45, 2.75) is 19.4 Å². The third-order valence-electron chi connectivity index (χ3n) is 4.90. The molecule has 132 valence electrons. The first-order chi connectivity index (χ1) is 12.2. The Bertz CT molecular complexity index is 751. The van der Waals surface area contributed by atoms with E-state index in [1.54, 1.807) is 0 Å². The maximum absolute atomic E-state index is 6.24. The van der Waals surface area contributed by atoms with Gasteiger partial charge in [0, 0.05) is 37.2 Å². The maximum atomic E-state index is 6.24. The van der Waals surface area contributed by atoms with Crippen LogP contribution in [0.3, 0.4) is 0 Å². The first-order valence-electron chi connectivity index (χ1n) is 9.00. The van der Waals surface area contributed by atoms with Crippen molar-refractivity contribution in [3.63, 3.8) is 0 Å². The summed E-state index contributed by atoms with van der Waals surface area (Å²) in [6, 6.07) is 14.6. The van der Waals surface area contributed by atoms with Gasteiger partial charge in [-0.25, -0.2) is 0 Å². The summed E-state index contributed by atoms with van der Waals surface area (Å²) >= 11 is 6.24. The molecule has 1 fully saturated rings. The molecule has 2 aromatic carbocycles. The number of hydrogen-bond acceptors (Lipinski definition) is 4. The predicted molar refractivity (Wildman–Crippen MR) is 103 cm³/mol. The van der Waals surface area contributed by atoms with E-state index in [0.717, 1.165) is 67.0 Å². The maximum Gasteiger partial charge on any atom is 0.151 e. The van der Waals surface area contributed by atoms with E-state index in [1.165, 1.54) is 0 Å². The highest BCUT2D eigenvalue weighted by molar-refractivity contribution is 6.31. The number of piperazine rings is 1. The number of rotatable bonds is 4. The number of anilines is 2. The van der Waals surface area contributed by atoms with Crippen molar-refractivity contribution in [2.24, 2.45) is 0 Å². The van der Waals surface area contributed by atoms with E-state index in [2.05, 4.69) is 34.2 Å². The fraction of sp³-hybridized carbons (Fsp3) is 0.400. The van der Waals surface area contributed by atoms with Gasteiger partial charge in [-0.3, -0.25) is 0 Å². The van der Waals surface area contributed by atoms with E-state index in [1.807, 2.05) is 30.3 Å². The zero-order chi connectivity index (χ0) is 17.2. The summed E-state index contributed by atoms with van der Waals surface area (Å²) < 4.78 is 6.05. The molecule has 0 saturated carbocycles. The smallest absolute Gasteiger partial charge is 0.151 e.